The zero-order valence-electron chi connectivity index (χ0n) is 25.1. The number of rotatable bonds is 6. The van der Waals surface area contributed by atoms with Crippen LogP contribution in [0.25, 0.3) is 0 Å². The standard InChI is InChI=1S/C34H48N2O4S/c1-24-5-4-13-33(3)30(12-14-34(33,40)23-36-17-15-35(16-18-36)19-20-37)28-10-8-26(21-27(38)9-6-24)22-29(28)32(39)31-11-7-25(2)41-31/h5,7-8,10-11,22,27,30,37-38,40H,4,6,9,12-21,23H2,1-3H3/t27-,30-,33-,34+/m0/s1. The number of allylic oxidation sites excluding steroid dienone is 2. The average molecular weight is 581 g/mol. The van der Waals surface area contributed by atoms with Gasteiger partial charge in [0.15, 0.2) is 0 Å². The number of nitrogens with zero attached hydrogens (tertiary/aromatic N) is 2. The van der Waals surface area contributed by atoms with E-state index in [1.807, 2.05) is 25.1 Å². The van der Waals surface area contributed by atoms with Crippen LogP contribution in [0.3, 0.4) is 0 Å². The van der Waals surface area contributed by atoms with Crippen LogP contribution in [0.15, 0.2) is 42.0 Å². The van der Waals surface area contributed by atoms with Gasteiger partial charge < -0.3 is 15.3 Å². The molecule has 3 N–H and O–H groups in total. The Balaban J connectivity index is 1.52. The lowest BCUT2D eigenvalue weighted by atomic mass is 9.64. The molecule has 1 aromatic carbocycles. The summed E-state index contributed by atoms with van der Waals surface area (Å²) in [7, 11) is 0. The summed E-state index contributed by atoms with van der Waals surface area (Å²) < 4.78 is 0. The van der Waals surface area contributed by atoms with Crippen molar-refractivity contribution in [2.75, 3.05) is 45.9 Å². The minimum atomic E-state index is -0.871. The smallest absolute Gasteiger partial charge is 0.203 e. The predicted molar refractivity (Wildman–Crippen MR) is 166 cm³/mol. The van der Waals surface area contributed by atoms with Gasteiger partial charge >= 0.3 is 0 Å². The first-order valence-corrected chi connectivity index (χ1v) is 16.3. The molecular weight excluding hydrogens is 532 g/mol. The van der Waals surface area contributed by atoms with Crippen molar-refractivity contribution in [2.24, 2.45) is 5.41 Å². The monoisotopic (exact) mass is 580 g/mol. The lowest BCUT2D eigenvalue weighted by Crippen LogP contribution is -2.56. The number of piperazine rings is 1. The van der Waals surface area contributed by atoms with Crippen LogP contribution in [0, 0.1) is 12.3 Å². The number of ketones is 1. The Morgan fingerprint density at radius 2 is 1.80 bits per heavy atom. The van der Waals surface area contributed by atoms with Crippen LogP contribution in [0.4, 0.5) is 0 Å². The third-order valence-corrected chi connectivity index (χ3v) is 11.2. The molecule has 4 atom stereocenters. The maximum Gasteiger partial charge on any atom is 0.203 e. The zero-order chi connectivity index (χ0) is 29.2. The molecule has 1 saturated heterocycles. The molecule has 2 heterocycles. The van der Waals surface area contributed by atoms with Crippen LogP contribution in [-0.4, -0.2) is 88.5 Å². The second-order valence-corrected chi connectivity index (χ2v) is 14.3. The van der Waals surface area contributed by atoms with Crippen molar-refractivity contribution < 1.29 is 20.1 Å². The fourth-order valence-electron chi connectivity index (χ4n) is 7.57. The van der Waals surface area contributed by atoms with E-state index in [4.69, 9.17) is 0 Å². The second kappa shape index (κ2) is 12.8. The van der Waals surface area contributed by atoms with Gasteiger partial charge in [0.25, 0.3) is 0 Å². The summed E-state index contributed by atoms with van der Waals surface area (Å²) in [5.74, 6) is 0.105. The highest BCUT2D eigenvalue weighted by Gasteiger charge is 2.57. The Labute approximate surface area is 249 Å². The van der Waals surface area contributed by atoms with E-state index in [9.17, 15) is 20.1 Å². The van der Waals surface area contributed by atoms with Crippen LogP contribution in [0.2, 0.25) is 0 Å². The molecule has 0 unspecified atom stereocenters. The molecule has 2 aromatic rings. The minimum absolute atomic E-state index is 0.0510. The lowest BCUT2D eigenvalue weighted by molar-refractivity contribution is -0.0888. The van der Waals surface area contributed by atoms with Crippen molar-refractivity contribution in [3.8, 4) is 0 Å². The number of β-amino-alcohol motifs (C(OH)–C–C–N with tert-alkyl or cyclic N) is 2. The van der Waals surface area contributed by atoms with E-state index < -0.39 is 17.1 Å². The normalized spacial score (nSPS) is 30.1. The molecule has 41 heavy (non-hydrogen) atoms. The molecule has 2 bridgehead atoms. The summed E-state index contributed by atoms with van der Waals surface area (Å²) in [6, 6.07) is 10.2. The summed E-state index contributed by atoms with van der Waals surface area (Å²) in [6.07, 6.45) is 7.19. The van der Waals surface area contributed by atoms with Crippen LogP contribution < -0.4 is 0 Å². The first-order valence-electron chi connectivity index (χ1n) is 15.5. The summed E-state index contributed by atoms with van der Waals surface area (Å²) in [5, 5.41) is 32.7. The molecule has 224 valence electrons. The van der Waals surface area contributed by atoms with E-state index in [1.165, 1.54) is 16.9 Å². The molecule has 1 aliphatic heterocycles. The molecule has 0 amide bonds. The van der Waals surface area contributed by atoms with Crippen LogP contribution in [0.1, 0.15) is 89.5 Å². The highest BCUT2D eigenvalue weighted by atomic mass is 32.1. The Bertz CT molecular complexity index is 1250. The van der Waals surface area contributed by atoms with Gasteiger partial charge in [0, 0.05) is 55.1 Å². The van der Waals surface area contributed by atoms with Gasteiger partial charge in [-0.25, -0.2) is 0 Å². The molecule has 0 radical (unpaired) electrons. The van der Waals surface area contributed by atoms with Crippen molar-refractivity contribution in [1.29, 1.82) is 0 Å². The number of aliphatic hydroxyl groups is 3. The highest BCUT2D eigenvalue weighted by molar-refractivity contribution is 7.14. The van der Waals surface area contributed by atoms with Crippen molar-refractivity contribution in [1.82, 2.24) is 9.80 Å². The van der Waals surface area contributed by atoms with E-state index >= 15 is 0 Å². The molecule has 7 heteroatoms. The van der Waals surface area contributed by atoms with Crippen molar-refractivity contribution >= 4 is 17.1 Å². The largest absolute Gasteiger partial charge is 0.395 e. The summed E-state index contributed by atoms with van der Waals surface area (Å²) >= 11 is 1.53. The number of benzene rings is 1. The molecule has 6 nitrogen and oxygen atoms in total. The van der Waals surface area contributed by atoms with E-state index in [-0.39, 0.29) is 18.3 Å². The molecule has 6 rings (SSSR count). The number of aryl methyl sites for hydroxylation is 1. The maximum absolute atomic E-state index is 14.0. The van der Waals surface area contributed by atoms with Crippen LogP contribution >= 0.6 is 11.3 Å². The number of carbonyl (C=O) groups is 1. The Hall–Kier alpha value is -1.87. The van der Waals surface area contributed by atoms with Crippen LogP contribution in [0.5, 0.6) is 0 Å². The van der Waals surface area contributed by atoms with Gasteiger partial charge in [-0.1, -0.05) is 30.7 Å². The predicted octanol–water partition coefficient (Wildman–Crippen LogP) is 4.94. The fraction of sp³-hybridized carbons (Fsp3) is 0.618. The van der Waals surface area contributed by atoms with E-state index in [1.54, 1.807) is 0 Å². The third-order valence-electron chi connectivity index (χ3n) is 10.2. The number of hydrogen-bond acceptors (Lipinski definition) is 7. The quantitative estimate of drug-likeness (QED) is 0.332. The molecule has 2 fully saturated rings. The average Bonchev–Trinajstić information content (AvgIpc) is 3.49. The zero-order valence-corrected chi connectivity index (χ0v) is 25.9. The number of thiophene rings is 1. The van der Waals surface area contributed by atoms with Gasteiger partial charge in [0.2, 0.25) is 5.78 Å². The van der Waals surface area contributed by atoms with Gasteiger partial charge in [0.1, 0.15) is 0 Å². The van der Waals surface area contributed by atoms with Gasteiger partial charge in [-0.15, -0.1) is 11.3 Å². The van der Waals surface area contributed by atoms with Crippen LogP contribution in [-0.2, 0) is 6.42 Å². The fourth-order valence-corrected chi connectivity index (χ4v) is 8.39. The molecular formula is C34H48N2O4S. The molecule has 1 aromatic heterocycles. The molecule has 4 aliphatic rings. The van der Waals surface area contributed by atoms with Crippen molar-refractivity contribution in [2.45, 2.75) is 83.3 Å². The number of carbonyl (C=O) groups excluding carboxylic acids is 1. The summed E-state index contributed by atoms with van der Waals surface area (Å²) in [4.78, 5) is 20.6. The Kier molecular flexibility index (Phi) is 9.53. The van der Waals surface area contributed by atoms with Gasteiger partial charge in [0.05, 0.1) is 23.2 Å². The third kappa shape index (κ3) is 6.56. The lowest BCUT2D eigenvalue weighted by Gasteiger charge is -2.47. The number of fused-ring (bicyclic) bond motifs is 8. The summed E-state index contributed by atoms with van der Waals surface area (Å²) in [6.45, 7) is 11.6. The maximum atomic E-state index is 14.0. The van der Waals surface area contributed by atoms with Gasteiger partial charge in [-0.2, -0.15) is 0 Å². The Morgan fingerprint density at radius 3 is 2.51 bits per heavy atom. The SMILES string of the molecule is CC1=CCC[C@@]2(C)[C@@H](CC[C@@]2(O)CN2CCN(CCO)CC2)c2ccc(cc2C(=O)c2ccc(C)s2)C[C@@H](O)CC1. The number of aliphatic hydroxyl groups excluding tert-OH is 2. The first-order chi connectivity index (χ1) is 19.6. The van der Waals surface area contributed by atoms with Crippen molar-refractivity contribution in [3.63, 3.8) is 0 Å². The number of hydrogen-bond donors (Lipinski definition) is 3. The first kappa shape index (κ1) is 30.6. The summed E-state index contributed by atoms with van der Waals surface area (Å²) in [5.41, 5.74) is 2.79. The van der Waals surface area contributed by atoms with Gasteiger partial charge in [-0.05, 0) is 94.0 Å². The highest BCUT2D eigenvalue weighted by Crippen LogP contribution is 2.59. The second-order valence-electron chi connectivity index (χ2n) is 13.0. The van der Waals surface area contributed by atoms with Gasteiger partial charge in [-0.3, -0.25) is 14.6 Å². The minimum Gasteiger partial charge on any atom is -0.395 e. The topological polar surface area (TPSA) is 84.2 Å². The van der Waals surface area contributed by atoms with E-state index in [0.29, 0.717) is 32.4 Å². The molecule has 3 aliphatic carbocycles. The van der Waals surface area contributed by atoms with E-state index in [0.717, 1.165) is 78.3 Å². The van der Waals surface area contributed by atoms with E-state index in [2.05, 4.69) is 41.9 Å². The van der Waals surface area contributed by atoms with Crippen molar-refractivity contribution in [3.05, 3.63) is 68.4 Å². The molecule has 1 saturated carbocycles. The Morgan fingerprint density at radius 1 is 1.05 bits per heavy atom. The molecule has 0 spiro atoms.